The van der Waals surface area contributed by atoms with Crippen LogP contribution in [0.4, 0.5) is 0 Å². The second-order valence-corrected chi connectivity index (χ2v) is 10.8. The molecule has 0 radical (unpaired) electrons. The van der Waals surface area contributed by atoms with Gasteiger partial charge in [-0.2, -0.15) is 0 Å². The van der Waals surface area contributed by atoms with Gasteiger partial charge in [-0.1, -0.05) is 42.5 Å². The Balaban J connectivity index is 1.32. The number of nitrogens with one attached hydrogen (secondary N) is 1. The molecular weight excluding hydrogens is 448 g/mol. The number of amides is 1. The highest BCUT2D eigenvalue weighted by Crippen LogP contribution is 2.40. The molecule has 1 fully saturated rings. The number of carbonyl (C=O) groups is 1. The zero-order valence-electron chi connectivity index (χ0n) is 18.5. The molecule has 1 unspecified atom stereocenters. The third kappa shape index (κ3) is 3.41. The molecule has 8 heteroatoms. The second kappa shape index (κ2) is 8.07. The molecule has 0 spiro atoms. The maximum atomic E-state index is 13.3. The second-order valence-electron chi connectivity index (χ2n) is 8.86. The van der Waals surface area contributed by atoms with Gasteiger partial charge in [0.2, 0.25) is 0 Å². The Bertz CT molecular complexity index is 1500. The monoisotopic (exact) mass is 472 g/mol. The van der Waals surface area contributed by atoms with Crippen molar-refractivity contribution in [2.45, 2.75) is 16.7 Å². The lowest BCUT2D eigenvalue weighted by atomic mass is 9.93. The molecule has 2 aromatic heterocycles. The summed E-state index contributed by atoms with van der Waals surface area (Å²) in [4.78, 5) is 25.2. The first-order chi connectivity index (χ1) is 16.5. The molecule has 1 N–H and O–H groups in total. The molecule has 7 nitrogen and oxygen atoms in total. The van der Waals surface area contributed by atoms with Gasteiger partial charge in [0.1, 0.15) is 0 Å². The Morgan fingerprint density at radius 1 is 0.912 bits per heavy atom. The predicted molar refractivity (Wildman–Crippen MR) is 129 cm³/mol. The standard InChI is InChI=1S/C26H24N4O3S/c31-26(22-16-27-15-18-9-10-28-24(18)22)30-13-11-29(12-14-30)25-20-6-2-1-5-19(20)17-34(32,33)23-8-4-3-7-21(23)25/h1-10,15-16,25,28H,11-14,17H2. The molecule has 4 heterocycles. The summed E-state index contributed by atoms with van der Waals surface area (Å²) in [5.41, 5.74) is 4.06. The van der Waals surface area contributed by atoms with Crippen molar-refractivity contribution < 1.29 is 13.2 Å². The lowest BCUT2D eigenvalue weighted by Crippen LogP contribution is -2.50. The van der Waals surface area contributed by atoms with Crippen molar-refractivity contribution in [1.29, 1.82) is 0 Å². The smallest absolute Gasteiger partial charge is 0.257 e. The SMILES string of the molecule is O=C(c1cncc2cc[nH]c12)N1CCN(C2c3ccccc3CS(=O)(=O)c3ccccc32)CC1. The first-order valence-electron chi connectivity index (χ1n) is 11.4. The van der Waals surface area contributed by atoms with Crippen LogP contribution < -0.4 is 0 Å². The van der Waals surface area contributed by atoms with Crippen molar-refractivity contribution in [1.82, 2.24) is 19.8 Å². The number of rotatable bonds is 2. The number of hydrogen-bond donors (Lipinski definition) is 1. The Morgan fingerprint density at radius 3 is 2.47 bits per heavy atom. The van der Waals surface area contributed by atoms with E-state index in [9.17, 15) is 13.2 Å². The van der Waals surface area contributed by atoms with Crippen LogP contribution in [0.3, 0.4) is 0 Å². The fourth-order valence-electron chi connectivity index (χ4n) is 5.26. The number of carbonyl (C=O) groups excluding carboxylic acids is 1. The van der Waals surface area contributed by atoms with Crippen molar-refractivity contribution >= 4 is 26.6 Å². The van der Waals surface area contributed by atoms with Crippen LogP contribution in [0.15, 0.2) is 78.1 Å². The highest BCUT2D eigenvalue weighted by atomic mass is 32.2. The van der Waals surface area contributed by atoms with Gasteiger partial charge in [-0.05, 0) is 28.8 Å². The summed E-state index contributed by atoms with van der Waals surface area (Å²) < 4.78 is 26.4. The van der Waals surface area contributed by atoms with E-state index in [0.29, 0.717) is 36.6 Å². The molecular formula is C26H24N4O3S. The van der Waals surface area contributed by atoms with Crippen LogP contribution >= 0.6 is 0 Å². The summed E-state index contributed by atoms with van der Waals surface area (Å²) in [5, 5.41) is 0.914. The van der Waals surface area contributed by atoms with E-state index in [1.54, 1.807) is 24.5 Å². The largest absolute Gasteiger partial charge is 0.360 e. The fraction of sp³-hybridized carbons (Fsp3) is 0.231. The number of aromatic nitrogens is 2. The van der Waals surface area contributed by atoms with Gasteiger partial charge in [-0.25, -0.2) is 8.42 Å². The maximum absolute atomic E-state index is 13.3. The van der Waals surface area contributed by atoms with Crippen molar-refractivity contribution in [2.75, 3.05) is 26.2 Å². The quantitative estimate of drug-likeness (QED) is 0.483. The van der Waals surface area contributed by atoms with Crippen LogP contribution in [0.2, 0.25) is 0 Å². The Hall–Kier alpha value is -3.49. The van der Waals surface area contributed by atoms with Crippen molar-refractivity contribution in [2.24, 2.45) is 0 Å². The van der Waals surface area contributed by atoms with Crippen LogP contribution in [0.5, 0.6) is 0 Å². The molecule has 172 valence electrons. The minimum Gasteiger partial charge on any atom is -0.360 e. The van der Waals surface area contributed by atoms with Gasteiger partial charge in [0.15, 0.2) is 9.84 Å². The molecule has 6 rings (SSSR count). The zero-order chi connectivity index (χ0) is 23.3. The van der Waals surface area contributed by atoms with Gasteiger partial charge >= 0.3 is 0 Å². The lowest BCUT2D eigenvalue weighted by molar-refractivity contribution is 0.0597. The van der Waals surface area contributed by atoms with Gasteiger partial charge in [0.05, 0.1) is 27.8 Å². The highest BCUT2D eigenvalue weighted by Gasteiger charge is 2.36. The van der Waals surface area contributed by atoms with Gasteiger partial charge in [0.25, 0.3) is 5.91 Å². The molecule has 0 aliphatic carbocycles. The Labute approximate surface area is 198 Å². The number of sulfone groups is 1. The van der Waals surface area contributed by atoms with Gasteiger partial charge < -0.3 is 9.88 Å². The first-order valence-corrected chi connectivity index (χ1v) is 13.0. The normalized spacial score (nSPS) is 19.9. The average Bonchev–Trinajstić information content (AvgIpc) is 3.31. The van der Waals surface area contributed by atoms with Crippen LogP contribution in [-0.2, 0) is 15.6 Å². The van der Waals surface area contributed by atoms with E-state index in [2.05, 4.69) is 14.9 Å². The molecule has 1 atom stereocenters. The number of H-pyrrole nitrogens is 1. The zero-order valence-corrected chi connectivity index (χ0v) is 19.3. The van der Waals surface area contributed by atoms with Gasteiger partial charge in [-0.15, -0.1) is 0 Å². The summed E-state index contributed by atoms with van der Waals surface area (Å²) in [7, 11) is -3.44. The topological polar surface area (TPSA) is 86.4 Å². The molecule has 2 aliphatic heterocycles. The van der Waals surface area contributed by atoms with E-state index in [-0.39, 0.29) is 17.7 Å². The molecule has 2 aromatic carbocycles. The summed E-state index contributed by atoms with van der Waals surface area (Å²) in [5.74, 6) is -0.0353. The lowest BCUT2D eigenvalue weighted by Gasteiger charge is -2.40. The van der Waals surface area contributed by atoms with Crippen LogP contribution in [0.1, 0.15) is 33.1 Å². The first kappa shape index (κ1) is 21.1. The van der Waals surface area contributed by atoms with E-state index in [4.69, 9.17) is 0 Å². The number of piperazine rings is 1. The fourth-order valence-corrected chi connectivity index (χ4v) is 6.91. The molecule has 2 aliphatic rings. The molecule has 0 saturated carbocycles. The minimum absolute atomic E-state index is 0.00227. The summed E-state index contributed by atoms with van der Waals surface area (Å²) in [6.45, 7) is 2.41. The van der Waals surface area contributed by atoms with Crippen LogP contribution in [0.25, 0.3) is 10.9 Å². The molecule has 0 bridgehead atoms. The minimum atomic E-state index is -3.44. The number of fused-ring (bicyclic) bond motifs is 3. The number of nitrogens with zero attached hydrogens (tertiary/aromatic N) is 3. The summed E-state index contributed by atoms with van der Waals surface area (Å²) in [6, 6.07) is 16.9. The molecule has 4 aromatic rings. The van der Waals surface area contributed by atoms with Crippen molar-refractivity contribution in [3.63, 3.8) is 0 Å². The Kier molecular flexibility index (Phi) is 5.00. The van der Waals surface area contributed by atoms with E-state index in [1.807, 2.05) is 53.6 Å². The van der Waals surface area contributed by atoms with E-state index in [1.165, 1.54) is 0 Å². The summed E-state index contributed by atoms with van der Waals surface area (Å²) >= 11 is 0. The maximum Gasteiger partial charge on any atom is 0.257 e. The van der Waals surface area contributed by atoms with Gasteiger partial charge in [-0.3, -0.25) is 14.7 Å². The van der Waals surface area contributed by atoms with Crippen LogP contribution in [0, 0.1) is 0 Å². The highest BCUT2D eigenvalue weighted by molar-refractivity contribution is 7.90. The third-order valence-corrected chi connectivity index (χ3v) is 8.64. The van der Waals surface area contributed by atoms with Crippen molar-refractivity contribution in [3.05, 3.63) is 95.4 Å². The summed E-state index contributed by atoms with van der Waals surface area (Å²) in [6.07, 6.45) is 5.18. The molecule has 34 heavy (non-hydrogen) atoms. The number of hydrogen-bond acceptors (Lipinski definition) is 5. The van der Waals surface area contributed by atoms with Crippen molar-refractivity contribution in [3.8, 4) is 0 Å². The van der Waals surface area contributed by atoms with E-state index >= 15 is 0 Å². The van der Waals surface area contributed by atoms with Gasteiger partial charge in [0, 0.05) is 50.2 Å². The van der Waals surface area contributed by atoms with Crippen LogP contribution in [-0.4, -0.2) is 60.3 Å². The average molecular weight is 473 g/mol. The van der Waals surface area contributed by atoms with E-state index < -0.39 is 9.84 Å². The van der Waals surface area contributed by atoms with E-state index in [0.717, 1.165) is 27.6 Å². The number of aromatic amines is 1. The predicted octanol–water partition coefficient (Wildman–Crippen LogP) is 3.40. The third-order valence-electron chi connectivity index (χ3n) is 6.91. The molecule has 1 amide bonds. The Morgan fingerprint density at radius 2 is 1.65 bits per heavy atom. The molecule has 1 saturated heterocycles. The number of benzene rings is 2. The number of pyridine rings is 1.